The Balaban J connectivity index is 1.74. The summed E-state index contributed by atoms with van der Waals surface area (Å²) in [5, 5.41) is 2.99. The first-order valence-electron chi connectivity index (χ1n) is 10.7. The van der Waals surface area contributed by atoms with Crippen LogP contribution in [0.5, 0.6) is 11.5 Å². The van der Waals surface area contributed by atoms with Crippen molar-refractivity contribution in [3.63, 3.8) is 0 Å². The summed E-state index contributed by atoms with van der Waals surface area (Å²) >= 11 is 0. The van der Waals surface area contributed by atoms with Crippen LogP contribution in [0.15, 0.2) is 42.5 Å². The Morgan fingerprint density at radius 3 is 2.52 bits per heavy atom. The fraction of sp³-hybridized carbons (Fsp3) is 0.440. The average molecular weight is 425 g/mol. The number of carbonyl (C=O) groups is 2. The largest absolute Gasteiger partial charge is 0.454 e. The lowest BCUT2D eigenvalue weighted by atomic mass is 10.0. The van der Waals surface area contributed by atoms with Gasteiger partial charge in [-0.25, -0.2) is 0 Å². The zero-order chi connectivity index (χ0) is 22.6. The molecule has 6 nitrogen and oxygen atoms in total. The van der Waals surface area contributed by atoms with Crippen molar-refractivity contribution in [1.82, 2.24) is 10.2 Å². The van der Waals surface area contributed by atoms with Gasteiger partial charge in [0.2, 0.25) is 18.6 Å². The van der Waals surface area contributed by atoms with Crippen LogP contribution in [-0.2, 0) is 22.6 Å². The minimum absolute atomic E-state index is 0.0579. The molecule has 1 heterocycles. The van der Waals surface area contributed by atoms with Gasteiger partial charge in [-0.1, -0.05) is 30.3 Å². The van der Waals surface area contributed by atoms with Crippen molar-refractivity contribution < 1.29 is 19.1 Å². The summed E-state index contributed by atoms with van der Waals surface area (Å²) in [7, 11) is 0. The summed E-state index contributed by atoms with van der Waals surface area (Å²) in [5.74, 6) is 1.22. The summed E-state index contributed by atoms with van der Waals surface area (Å²) in [5.41, 5.74) is 2.77. The van der Waals surface area contributed by atoms with Crippen molar-refractivity contribution in [2.24, 2.45) is 0 Å². The normalized spacial score (nSPS) is 13.6. The number of nitrogens with zero attached hydrogens (tertiary/aromatic N) is 1. The Kier molecular flexibility index (Phi) is 6.88. The number of ether oxygens (including phenoxy) is 2. The number of carbonyl (C=O) groups excluding carboxylic acids is 2. The van der Waals surface area contributed by atoms with Gasteiger partial charge in [-0.2, -0.15) is 0 Å². The SMILES string of the molecule is Cc1ccccc1CN(C(=O)CCc1ccc2c(c1)OCO2)[C@@H](C)C(=O)NC(C)(C)C. The molecule has 6 heteroatoms. The molecule has 0 aromatic heterocycles. The minimum Gasteiger partial charge on any atom is -0.454 e. The third-order valence-corrected chi connectivity index (χ3v) is 5.33. The van der Waals surface area contributed by atoms with Crippen LogP contribution in [0, 0.1) is 6.92 Å². The van der Waals surface area contributed by atoms with Crippen molar-refractivity contribution in [3.8, 4) is 11.5 Å². The number of amides is 2. The van der Waals surface area contributed by atoms with E-state index in [-0.39, 0.29) is 24.1 Å². The summed E-state index contributed by atoms with van der Waals surface area (Å²) in [6, 6.07) is 13.1. The van der Waals surface area contributed by atoms with Gasteiger partial charge in [-0.3, -0.25) is 9.59 Å². The molecule has 31 heavy (non-hydrogen) atoms. The highest BCUT2D eigenvalue weighted by atomic mass is 16.7. The molecular weight excluding hydrogens is 392 g/mol. The van der Waals surface area contributed by atoms with Gasteiger partial charge in [-0.05, 0) is 69.9 Å². The van der Waals surface area contributed by atoms with Gasteiger partial charge in [0.05, 0.1) is 0 Å². The molecule has 0 bridgehead atoms. The van der Waals surface area contributed by atoms with E-state index in [1.54, 1.807) is 11.8 Å². The van der Waals surface area contributed by atoms with Crippen molar-refractivity contribution >= 4 is 11.8 Å². The van der Waals surface area contributed by atoms with Gasteiger partial charge < -0.3 is 19.7 Å². The molecule has 3 rings (SSSR count). The zero-order valence-corrected chi connectivity index (χ0v) is 19.0. The summed E-state index contributed by atoms with van der Waals surface area (Å²) in [4.78, 5) is 27.8. The van der Waals surface area contributed by atoms with E-state index < -0.39 is 6.04 Å². The van der Waals surface area contributed by atoms with Crippen molar-refractivity contribution in [1.29, 1.82) is 0 Å². The standard InChI is InChI=1S/C25H32N2O4/c1-17-8-6-7-9-20(17)15-27(18(2)24(29)26-25(3,4)5)23(28)13-11-19-10-12-21-22(14-19)31-16-30-21/h6-10,12,14,18H,11,13,15-16H2,1-5H3,(H,26,29)/t18-/m0/s1. The molecule has 2 aromatic carbocycles. The summed E-state index contributed by atoms with van der Waals surface area (Å²) < 4.78 is 10.8. The van der Waals surface area contributed by atoms with Gasteiger partial charge >= 0.3 is 0 Å². The second-order valence-corrected chi connectivity index (χ2v) is 9.05. The number of hydrogen-bond donors (Lipinski definition) is 1. The maximum absolute atomic E-state index is 13.3. The smallest absolute Gasteiger partial charge is 0.242 e. The van der Waals surface area contributed by atoms with E-state index >= 15 is 0 Å². The molecule has 0 radical (unpaired) electrons. The van der Waals surface area contributed by atoms with Crippen LogP contribution in [0.1, 0.15) is 50.8 Å². The first-order chi connectivity index (χ1) is 14.6. The molecule has 0 saturated carbocycles. The molecule has 0 fully saturated rings. The average Bonchev–Trinajstić information content (AvgIpc) is 3.17. The maximum Gasteiger partial charge on any atom is 0.242 e. The van der Waals surface area contributed by atoms with Gasteiger partial charge in [-0.15, -0.1) is 0 Å². The molecule has 1 aliphatic rings. The Hall–Kier alpha value is -3.02. The highest BCUT2D eigenvalue weighted by Crippen LogP contribution is 2.32. The molecule has 2 aromatic rings. The highest BCUT2D eigenvalue weighted by molar-refractivity contribution is 5.87. The van der Waals surface area contributed by atoms with Crippen molar-refractivity contribution in [2.45, 2.75) is 65.6 Å². The monoisotopic (exact) mass is 424 g/mol. The van der Waals surface area contributed by atoms with E-state index in [1.165, 1.54) is 0 Å². The van der Waals surface area contributed by atoms with Gasteiger partial charge in [0.15, 0.2) is 11.5 Å². The maximum atomic E-state index is 13.3. The lowest BCUT2D eigenvalue weighted by Crippen LogP contribution is -2.52. The molecule has 0 saturated heterocycles. The quantitative estimate of drug-likeness (QED) is 0.730. The topological polar surface area (TPSA) is 67.9 Å². The number of fused-ring (bicyclic) bond motifs is 1. The molecule has 1 N–H and O–H groups in total. The Labute approximate surface area is 184 Å². The van der Waals surface area contributed by atoms with Crippen LogP contribution in [0.2, 0.25) is 0 Å². The fourth-order valence-corrected chi connectivity index (χ4v) is 3.52. The Morgan fingerprint density at radius 2 is 1.81 bits per heavy atom. The number of rotatable bonds is 7. The fourth-order valence-electron chi connectivity index (χ4n) is 3.52. The summed E-state index contributed by atoms with van der Waals surface area (Å²) in [6.07, 6.45) is 0.867. The molecule has 1 aliphatic heterocycles. The van der Waals surface area contributed by atoms with Crippen molar-refractivity contribution in [3.05, 3.63) is 59.2 Å². The van der Waals surface area contributed by atoms with Gasteiger partial charge in [0.25, 0.3) is 0 Å². The minimum atomic E-state index is -0.580. The molecule has 166 valence electrons. The van der Waals surface area contributed by atoms with Crippen LogP contribution in [0.25, 0.3) is 0 Å². The molecule has 1 atom stereocenters. The number of hydrogen-bond acceptors (Lipinski definition) is 4. The second-order valence-electron chi connectivity index (χ2n) is 9.05. The van der Waals surface area contributed by atoms with E-state index in [0.29, 0.717) is 25.1 Å². The van der Waals surface area contributed by atoms with E-state index in [0.717, 1.165) is 22.4 Å². The number of aryl methyl sites for hydroxylation is 2. The number of benzene rings is 2. The first-order valence-corrected chi connectivity index (χ1v) is 10.7. The third-order valence-electron chi connectivity index (χ3n) is 5.33. The molecular formula is C25H32N2O4. The van der Waals surface area contributed by atoms with E-state index in [2.05, 4.69) is 5.32 Å². The predicted molar refractivity (Wildman–Crippen MR) is 120 cm³/mol. The zero-order valence-electron chi connectivity index (χ0n) is 19.0. The van der Waals surface area contributed by atoms with Crippen molar-refractivity contribution in [2.75, 3.05) is 6.79 Å². The lowest BCUT2D eigenvalue weighted by Gasteiger charge is -2.32. The van der Waals surface area contributed by atoms with Crippen LogP contribution < -0.4 is 14.8 Å². The second kappa shape index (κ2) is 9.41. The molecule has 0 unspecified atom stereocenters. The first kappa shape index (κ1) is 22.7. The van der Waals surface area contributed by atoms with Gasteiger partial charge in [0, 0.05) is 18.5 Å². The molecule has 0 aliphatic carbocycles. The molecule has 2 amide bonds. The summed E-state index contributed by atoms with van der Waals surface area (Å²) in [6.45, 7) is 10.2. The van der Waals surface area contributed by atoms with Crippen LogP contribution in [0.4, 0.5) is 0 Å². The lowest BCUT2D eigenvalue weighted by molar-refractivity contribution is -0.141. The number of nitrogens with one attached hydrogen (secondary N) is 1. The Morgan fingerprint density at radius 1 is 1.10 bits per heavy atom. The van der Waals surface area contributed by atoms with E-state index in [1.807, 2.05) is 70.2 Å². The van der Waals surface area contributed by atoms with Crippen LogP contribution >= 0.6 is 0 Å². The predicted octanol–water partition coefficient (Wildman–Crippen LogP) is 3.99. The van der Waals surface area contributed by atoms with Gasteiger partial charge in [0.1, 0.15) is 6.04 Å². The third kappa shape index (κ3) is 6.00. The van der Waals surface area contributed by atoms with E-state index in [9.17, 15) is 9.59 Å². The highest BCUT2D eigenvalue weighted by Gasteiger charge is 2.28. The van der Waals surface area contributed by atoms with Crippen LogP contribution in [-0.4, -0.2) is 35.1 Å². The van der Waals surface area contributed by atoms with Crippen LogP contribution in [0.3, 0.4) is 0 Å². The van der Waals surface area contributed by atoms with E-state index in [4.69, 9.17) is 9.47 Å². The molecule has 0 spiro atoms. The Bertz CT molecular complexity index is 949.